The van der Waals surface area contributed by atoms with E-state index in [2.05, 4.69) is 41.8 Å². The lowest BCUT2D eigenvalue weighted by molar-refractivity contribution is -0.124. The highest BCUT2D eigenvalue weighted by molar-refractivity contribution is 5.79. The molecule has 2 aliphatic rings. The van der Waals surface area contributed by atoms with E-state index >= 15 is 0 Å². The van der Waals surface area contributed by atoms with E-state index in [1.807, 2.05) is 0 Å². The highest BCUT2D eigenvalue weighted by Crippen LogP contribution is 2.36. The second-order valence-corrected chi connectivity index (χ2v) is 6.62. The van der Waals surface area contributed by atoms with Crippen LogP contribution in [0.5, 0.6) is 0 Å². The van der Waals surface area contributed by atoms with Crippen molar-refractivity contribution in [3.8, 4) is 0 Å². The Kier molecular flexibility index (Phi) is 4.79. The SMILES string of the molecule is Cc1ccccc1C1(CNC(=O)C2CCNC2)CCOCC1. The minimum Gasteiger partial charge on any atom is -0.381 e. The van der Waals surface area contributed by atoms with E-state index in [0.717, 1.165) is 52.1 Å². The third-order valence-corrected chi connectivity index (χ3v) is 5.20. The number of carbonyl (C=O) groups excluding carboxylic acids is 1. The van der Waals surface area contributed by atoms with Crippen molar-refractivity contribution in [3.05, 3.63) is 35.4 Å². The molecule has 1 unspecified atom stereocenters. The van der Waals surface area contributed by atoms with Crippen molar-refractivity contribution in [1.82, 2.24) is 10.6 Å². The number of carbonyl (C=O) groups is 1. The molecule has 0 bridgehead atoms. The number of rotatable bonds is 4. The van der Waals surface area contributed by atoms with E-state index < -0.39 is 0 Å². The van der Waals surface area contributed by atoms with Crippen molar-refractivity contribution in [2.75, 3.05) is 32.8 Å². The van der Waals surface area contributed by atoms with Gasteiger partial charge in [0.05, 0.1) is 5.92 Å². The smallest absolute Gasteiger partial charge is 0.224 e. The van der Waals surface area contributed by atoms with Gasteiger partial charge in [-0.1, -0.05) is 24.3 Å². The minimum absolute atomic E-state index is 0.0191. The summed E-state index contributed by atoms with van der Waals surface area (Å²) in [6.45, 7) is 6.19. The van der Waals surface area contributed by atoms with Crippen LogP contribution < -0.4 is 10.6 Å². The summed E-state index contributed by atoms with van der Waals surface area (Å²) < 4.78 is 5.57. The number of amides is 1. The summed E-state index contributed by atoms with van der Waals surface area (Å²) in [5, 5.41) is 6.49. The standard InChI is InChI=1S/C18H26N2O2/c1-14-4-2-3-5-16(14)18(7-10-22-11-8-18)13-20-17(21)15-6-9-19-12-15/h2-5,15,19H,6-13H2,1H3,(H,20,21). The molecule has 2 fully saturated rings. The molecule has 0 saturated carbocycles. The number of hydrogen-bond acceptors (Lipinski definition) is 3. The van der Waals surface area contributed by atoms with Gasteiger partial charge in [-0.25, -0.2) is 0 Å². The maximum atomic E-state index is 12.4. The first-order chi connectivity index (χ1) is 10.7. The van der Waals surface area contributed by atoms with Crippen LogP contribution in [0.15, 0.2) is 24.3 Å². The first-order valence-electron chi connectivity index (χ1n) is 8.34. The molecular formula is C18H26N2O2. The lowest BCUT2D eigenvalue weighted by Gasteiger charge is -2.39. The van der Waals surface area contributed by atoms with Crippen molar-refractivity contribution in [2.24, 2.45) is 5.92 Å². The molecule has 4 nitrogen and oxygen atoms in total. The molecule has 2 heterocycles. The fourth-order valence-corrected chi connectivity index (χ4v) is 3.75. The monoisotopic (exact) mass is 302 g/mol. The fraction of sp³-hybridized carbons (Fsp3) is 0.611. The highest BCUT2D eigenvalue weighted by Gasteiger charge is 2.36. The van der Waals surface area contributed by atoms with E-state index in [0.29, 0.717) is 0 Å². The maximum absolute atomic E-state index is 12.4. The second-order valence-electron chi connectivity index (χ2n) is 6.62. The van der Waals surface area contributed by atoms with Crippen LogP contribution in [0.4, 0.5) is 0 Å². The van der Waals surface area contributed by atoms with Crippen LogP contribution in [-0.2, 0) is 14.9 Å². The Balaban J connectivity index is 1.75. The van der Waals surface area contributed by atoms with Gasteiger partial charge in [0.15, 0.2) is 0 Å². The summed E-state index contributed by atoms with van der Waals surface area (Å²) in [5.41, 5.74) is 2.69. The zero-order chi connectivity index (χ0) is 15.4. The molecule has 2 N–H and O–H groups in total. The minimum atomic E-state index is 0.0191. The van der Waals surface area contributed by atoms with Crippen LogP contribution in [0.1, 0.15) is 30.4 Å². The Morgan fingerprint density at radius 3 is 2.82 bits per heavy atom. The van der Waals surface area contributed by atoms with Crippen molar-refractivity contribution in [3.63, 3.8) is 0 Å². The molecule has 0 spiro atoms. The average Bonchev–Trinajstić information content (AvgIpc) is 3.08. The molecule has 4 heteroatoms. The van der Waals surface area contributed by atoms with Crippen LogP contribution >= 0.6 is 0 Å². The van der Waals surface area contributed by atoms with Gasteiger partial charge in [-0.15, -0.1) is 0 Å². The molecule has 0 radical (unpaired) electrons. The molecule has 1 amide bonds. The third-order valence-electron chi connectivity index (χ3n) is 5.20. The molecule has 0 aliphatic carbocycles. The number of aryl methyl sites for hydroxylation is 1. The molecule has 1 atom stereocenters. The Morgan fingerprint density at radius 2 is 2.14 bits per heavy atom. The third kappa shape index (κ3) is 3.18. The largest absolute Gasteiger partial charge is 0.381 e. The molecule has 1 aromatic carbocycles. The lowest BCUT2D eigenvalue weighted by atomic mass is 9.72. The Bertz CT molecular complexity index is 518. The van der Waals surface area contributed by atoms with Crippen molar-refractivity contribution >= 4 is 5.91 Å². The van der Waals surface area contributed by atoms with Gasteiger partial charge in [0.1, 0.15) is 0 Å². The number of hydrogen-bond donors (Lipinski definition) is 2. The molecule has 22 heavy (non-hydrogen) atoms. The van der Waals surface area contributed by atoms with E-state index in [9.17, 15) is 4.79 Å². The Morgan fingerprint density at radius 1 is 1.36 bits per heavy atom. The first-order valence-corrected chi connectivity index (χ1v) is 8.34. The Labute approximate surface area is 132 Å². The topological polar surface area (TPSA) is 50.4 Å². The molecule has 2 aliphatic heterocycles. The van der Waals surface area contributed by atoms with E-state index in [4.69, 9.17) is 4.74 Å². The predicted octanol–water partition coefficient (Wildman–Crippen LogP) is 1.77. The van der Waals surface area contributed by atoms with Crippen molar-refractivity contribution in [2.45, 2.75) is 31.6 Å². The van der Waals surface area contributed by atoms with E-state index in [1.54, 1.807) is 0 Å². The van der Waals surface area contributed by atoms with Gasteiger partial charge in [-0.3, -0.25) is 4.79 Å². The molecule has 1 aromatic rings. The average molecular weight is 302 g/mol. The molecule has 2 saturated heterocycles. The van der Waals surface area contributed by atoms with Gasteiger partial charge >= 0.3 is 0 Å². The van der Waals surface area contributed by atoms with Crippen molar-refractivity contribution in [1.29, 1.82) is 0 Å². The predicted molar refractivity (Wildman–Crippen MR) is 86.9 cm³/mol. The van der Waals surface area contributed by atoms with Gasteiger partial charge in [-0.05, 0) is 43.9 Å². The van der Waals surface area contributed by atoms with Gasteiger partial charge < -0.3 is 15.4 Å². The van der Waals surface area contributed by atoms with Gasteiger partial charge in [0, 0.05) is 31.7 Å². The fourth-order valence-electron chi connectivity index (χ4n) is 3.75. The number of benzene rings is 1. The molecule has 120 valence electrons. The van der Waals surface area contributed by atoms with Gasteiger partial charge in [0.2, 0.25) is 5.91 Å². The summed E-state index contributed by atoms with van der Waals surface area (Å²) in [5.74, 6) is 0.332. The number of nitrogens with one attached hydrogen (secondary N) is 2. The van der Waals surface area contributed by atoms with Crippen molar-refractivity contribution < 1.29 is 9.53 Å². The summed E-state index contributed by atoms with van der Waals surface area (Å²) in [6.07, 6.45) is 2.90. The number of ether oxygens (including phenoxy) is 1. The summed E-state index contributed by atoms with van der Waals surface area (Å²) in [7, 11) is 0. The zero-order valence-electron chi connectivity index (χ0n) is 13.4. The van der Waals surface area contributed by atoms with Crippen LogP contribution in [0.3, 0.4) is 0 Å². The highest BCUT2D eigenvalue weighted by atomic mass is 16.5. The van der Waals surface area contributed by atoms with Crippen LogP contribution in [-0.4, -0.2) is 38.8 Å². The van der Waals surface area contributed by atoms with Gasteiger partial charge in [0.25, 0.3) is 0 Å². The summed E-state index contributed by atoms with van der Waals surface area (Å²) in [6, 6.07) is 8.55. The lowest BCUT2D eigenvalue weighted by Crippen LogP contribution is -2.46. The Hall–Kier alpha value is -1.39. The molecular weight excluding hydrogens is 276 g/mol. The summed E-state index contributed by atoms with van der Waals surface area (Å²) in [4.78, 5) is 12.4. The first kappa shape index (κ1) is 15.5. The summed E-state index contributed by atoms with van der Waals surface area (Å²) >= 11 is 0. The quantitative estimate of drug-likeness (QED) is 0.891. The molecule has 0 aromatic heterocycles. The zero-order valence-corrected chi connectivity index (χ0v) is 13.4. The van der Waals surface area contributed by atoms with Crippen LogP contribution in [0.25, 0.3) is 0 Å². The van der Waals surface area contributed by atoms with Crippen LogP contribution in [0, 0.1) is 12.8 Å². The maximum Gasteiger partial charge on any atom is 0.224 e. The van der Waals surface area contributed by atoms with Crippen LogP contribution in [0.2, 0.25) is 0 Å². The second kappa shape index (κ2) is 6.80. The van der Waals surface area contributed by atoms with E-state index in [1.165, 1.54) is 11.1 Å². The van der Waals surface area contributed by atoms with E-state index in [-0.39, 0.29) is 17.2 Å². The normalized spacial score (nSPS) is 24.1. The molecule has 3 rings (SSSR count). The van der Waals surface area contributed by atoms with Gasteiger partial charge in [-0.2, -0.15) is 0 Å².